The average Bonchev–Trinajstić information content (AvgIpc) is 2.93. The zero-order valence-corrected chi connectivity index (χ0v) is 11.7. The molecule has 0 aromatic rings. The van der Waals surface area contributed by atoms with Gasteiger partial charge in [-0.05, 0) is 64.0 Å². The standard InChI is InChI=1S/C15H30N2O/c18-12-5-1-4-10-16-14-8-3-2-7-13(14)15-9-6-11-17-15/h13-18H,1-12H2. The number of nitrogens with one attached hydrogen (secondary N) is 2. The van der Waals surface area contributed by atoms with Crippen LogP contribution in [0.4, 0.5) is 0 Å². The van der Waals surface area contributed by atoms with Crippen LogP contribution in [-0.2, 0) is 0 Å². The average molecular weight is 254 g/mol. The molecule has 2 rings (SSSR count). The highest BCUT2D eigenvalue weighted by Gasteiger charge is 2.32. The van der Waals surface area contributed by atoms with E-state index in [0.29, 0.717) is 6.61 Å². The highest BCUT2D eigenvalue weighted by atomic mass is 16.2. The van der Waals surface area contributed by atoms with Crippen LogP contribution >= 0.6 is 0 Å². The van der Waals surface area contributed by atoms with Crippen molar-refractivity contribution in [3.8, 4) is 0 Å². The van der Waals surface area contributed by atoms with Gasteiger partial charge in [0.05, 0.1) is 0 Å². The van der Waals surface area contributed by atoms with E-state index in [1.165, 1.54) is 51.5 Å². The Balaban J connectivity index is 1.69. The highest BCUT2D eigenvalue weighted by Crippen LogP contribution is 2.30. The molecule has 0 spiro atoms. The molecule has 1 saturated carbocycles. The van der Waals surface area contributed by atoms with Crippen molar-refractivity contribution in [2.75, 3.05) is 19.7 Å². The van der Waals surface area contributed by atoms with E-state index in [1.54, 1.807) is 0 Å². The van der Waals surface area contributed by atoms with Crippen LogP contribution in [0, 0.1) is 5.92 Å². The van der Waals surface area contributed by atoms with Crippen LogP contribution in [-0.4, -0.2) is 36.9 Å². The van der Waals surface area contributed by atoms with E-state index in [1.807, 2.05) is 0 Å². The zero-order valence-electron chi connectivity index (χ0n) is 11.7. The molecule has 3 atom stereocenters. The number of unbranched alkanes of at least 4 members (excludes halogenated alkanes) is 2. The first-order valence-electron chi connectivity index (χ1n) is 7.99. The van der Waals surface area contributed by atoms with Gasteiger partial charge >= 0.3 is 0 Å². The Morgan fingerprint density at radius 3 is 2.67 bits per heavy atom. The summed E-state index contributed by atoms with van der Waals surface area (Å²) in [4.78, 5) is 0. The van der Waals surface area contributed by atoms with Gasteiger partial charge in [-0.2, -0.15) is 0 Å². The van der Waals surface area contributed by atoms with Crippen molar-refractivity contribution in [2.45, 2.75) is 69.9 Å². The fraction of sp³-hybridized carbons (Fsp3) is 1.00. The molecular weight excluding hydrogens is 224 g/mol. The lowest BCUT2D eigenvalue weighted by Gasteiger charge is -2.36. The van der Waals surface area contributed by atoms with Gasteiger partial charge in [-0.3, -0.25) is 0 Å². The molecule has 1 aliphatic carbocycles. The van der Waals surface area contributed by atoms with E-state index in [2.05, 4.69) is 10.6 Å². The minimum Gasteiger partial charge on any atom is -0.396 e. The summed E-state index contributed by atoms with van der Waals surface area (Å²) in [6.07, 6.45) is 11.7. The van der Waals surface area contributed by atoms with Gasteiger partial charge in [0, 0.05) is 18.7 Å². The third-order valence-corrected chi connectivity index (χ3v) is 4.68. The Hall–Kier alpha value is -0.120. The topological polar surface area (TPSA) is 44.3 Å². The molecule has 2 aliphatic rings. The van der Waals surface area contributed by atoms with Crippen LogP contribution in [0.1, 0.15) is 57.8 Å². The Kier molecular flexibility index (Phi) is 6.46. The molecule has 3 unspecified atom stereocenters. The van der Waals surface area contributed by atoms with Crippen molar-refractivity contribution in [3.05, 3.63) is 0 Å². The minimum absolute atomic E-state index is 0.345. The third-order valence-electron chi connectivity index (χ3n) is 4.68. The molecule has 1 saturated heterocycles. The molecule has 0 bridgehead atoms. The van der Waals surface area contributed by atoms with Gasteiger partial charge < -0.3 is 15.7 Å². The summed E-state index contributed by atoms with van der Waals surface area (Å²) in [5.41, 5.74) is 0. The van der Waals surface area contributed by atoms with Crippen molar-refractivity contribution >= 4 is 0 Å². The van der Waals surface area contributed by atoms with Crippen LogP contribution in [0.2, 0.25) is 0 Å². The lowest BCUT2D eigenvalue weighted by atomic mass is 9.79. The molecule has 106 valence electrons. The Morgan fingerprint density at radius 2 is 1.89 bits per heavy atom. The maximum Gasteiger partial charge on any atom is 0.0431 e. The molecule has 0 radical (unpaired) electrons. The first-order valence-corrected chi connectivity index (χ1v) is 7.99. The van der Waals surface area contributed by atoms with Crippen molar-refractivity contribution in [1.82, 2.24) is 10.6 Å². The number of hydrogen-bond acceptors (Lipinski definition) is 3. The number of rotatable bonds is 7. The summed E-state index contributed by atoms with van der Waals surface area (Å²) < 4.78 is 0. The van der Waals surface area contributed by atoms with Crippen LogP contribution in [0.25, 0.3) is 0 Å². The number of aliphatic hydroxyl groups excluding tert-OH is 1. The van der Waals surface area contributed by atoms with Crippen molar-refractivity contribution in [3.63, 3.8) is 0 Å². The van der Waals surface area contributed by atoms with Crippen LogP contribution < -0.4 is 10.6 Å². The van der Waals surface area contributed by atoms with E-state index in [0.717, 1.165) is 37.4 Å². The van der Waals surface area contributed by atoms with Gasteiger partial charge in [0.25, 0.3) is 0 Å². The smallest absolute Gasteiger partial charge is 0.0431 e. The molecule has 3 N–H and O–H groups in total. The summed E-state index contributed by atoms with van der Waals surface area (Å²) in [7, 11) is 0. The van der Waals surface area contributed by atoms with Crippen molar-refractivity contribution < 1.29 is 5.11 Å². The Bertz CT molecular complexity index is 217. The largest absolute Gasteiger partial charge is 0.396 e. The van der Waals surface area contributed by atoms with Gasteiger partial charge in [0.15, 0.2) is 0 Å². The van der Waals surface area contributed by atoms with Gasteiger partial charge in [-0.25, -0.2) is 0 Å². The minimum atomic E-state index is 0.345. The molecule has 18 heavy (non-hydrogen) atoms. The first-order chi connectivity index (χ1) is 8.92. The zero-order chi connectivity index (χ0) is 12.6. The number of aliphatic hydroxyl groups is 1. The summed E-state index contributed by atoms with van der Waals surface area (Å²) in [5.74, 6) is 0.860. The molecular formula is C15H30N2O. The molecule has 1 heterocycles. The molecule has 0 amide bonds. The quantitative estimate of drug-likeness (QED) is 0.609. The van der Waals surface area contributed by atoms with Crippen LogP contribution in [0.15, 0.2) is 0 Å². The predicted octanol–water partition coefficient (Wildman–Crippen LogP) is 2.05. The molecule has 2 fully saturated rings. The van der Waals surface area contributed by atoms with Gasteiger partial charge in [0.2, 0.25) is 0 Å². The van der Waals surface area contributed by atoms with Gasteiger partial charge in [-0.1, -0.05) is 12.8 Å². The monoisotopic (exact) mass is 254 g/mol. The van der Waals surface area contributed by atoms with E-state index in [9.17, 15) is 0 Å². The summed E-state index contributed by atoms with van der Waals surface area (Å²) in [6, 6.07) is 1.52. The van der Waals surface area contributed by atoms with E-state index in [4.69, 9.17) is 5.11 Å². The van der Waals surface area contributed by atoms with Crippen LogP contribution in [0.5, 0.6) is 0 Å². The second kappa shape index (κ2) is 8.13. The van der Waals surface area contributed by atoms with Crippen molar-refractivity contribution in [1.29, 1.82) is 0 Å². The summed E-state index contributed by atoms with van der Waals surface area (Å²) in [6.45, 7) is 2.70. The second-order valence-electron chi connectivity index (χ2n) is 6.00. The summed E-state index contributed by atoms with van der Waals surface area (Å²) in [5, 5.41) is 16.3. The van der Waals surface area contributed by atoms with Crippen molar-refractivity contribution in [2.24, 2.45) is 5.92 Å². The Morgan fingerprint density at radius 1 is 1.00 bits per heavy atom. The fourth-order valence-electron chi connectivity index (χ4n) is 3.67. The highest BCUT2D eigenvalue weighted by molar-refractivity contribution is 4.91. The fourth-order valence-corrected chi connectivity index (χ4v) is 3.67. The molecule has 3 heteroatoms. The number of hydrogen-bond donors (Lipinski definition) is 3. The summed E-state index contributed by atoms with van der Waals surface area (Å²) >= 11 is 0. The van der Waals surface area contributed by atoms with Gasteiger partial charge in [-0.15, -0.1) is 0 Å². The lowest BCUT2D eigenvalue weighted by molar-refractivity contribution is 0.213. The maximum absolute atomic E-state index is 8.77. The van der Waals surface area contributed by atoms with E-state index in [-0.39, 0.29) is 0 Å². The van der Waals surface area contributed by atoms with Gasteiger partial charge in [0.1, 0.15) is 0 Å². The first kappa shape index (κ1) is 14.3. The second-order valence-corrected chi connectivity index (χ2v) is 6.00. The molecule has 1 aliphatic heterocycles. The van der Waals surface area contributed by atoms with E-state index >= 15 is 0 Å². The SMILES string of the molecule is OCCCCCNC1CCCCC1C1CCCN1. The molecule has 3 nitrogen and oxygen atoms in total. The van der Waals surface area contributed by atoms with Crippen LogP contribution in [0.3, 0.4) is 0 Å². The molecule has 0 aromatic carbocycles. The van der Waals surface area contributed by atoms with E-state index < -0.39 is 0 Å². The lowest BCUT2D eigenvalue weighted by Crippen LogP contribution is -2.47. The molecule has 0 aromatic heterocycles. The normalized spacial score (nSPS) is 32.8. The predicted molar refractivity (Wildman–Crippen MR) is 75.7 cm³/mol. The Labute approximate surface area is 112 Å². The third kappa shape index (κ3) is 4.22. The maximum atomic E-state index is 8.77.